The highest BCUT2D eigenvalue weighted by molar-refractivity contribution is 5.34. The van der Waals surface area contributed by atoms with Crippen LogP contribution in [0.25, 0.3) is 0 Å². The summed E-state index contributed by atoms with van der Waals surface area (Å²) >= 11 is 0. The zero-order valence-corrected chi connectivity index (χ0v) is 12.9. The van der Waals surface area contributed by atoms with Crippen LogP contribution in [-0.2, 0) is 4.74 Å². The van der Waals surface area contributed by atoms with Crippen molar-refractivity contribution in [3.63, 3.8) is 0 Å². The Morgan fingerprint density at radius 2 is 1.19 bits per heavy atom. The minimum absolute atomic E-state index is 0.329. The summed E-state index contributed by atoms with van der Waals surface area (Å²) in [5.74, 6) is 0. The second-order valence-corrected chi connectivity index (χ2v) is 5.87. The zero-order valence-electron chi connectivity index (χ0n) is 12.9. The standard InChI is InChI=1S/C19H23NO/c1-15-3-7-17(8-4-15)19(20-11-13-21-14-12-20)18-9-5-16(2)6-10-18/h3-10,19H,11-14H2,1-2H3. The first-order valence-electron chi connectivity index (χ1n) is 7.69. The van der Waals surface area contributed by atoms with Crippen LogP contribution in [0.5, 0.6) is 0 Å². The number of benzene rings is 2. The molecule has 0 N–H and O–H groups in total. The lowest BCUT2D eigenvalue weighted by Crippen LogP contribution is -2.39. The molecule has 3 rings (SSSR count). The summed E-state index contributed by atoms with van der Waals surface area (Å²) in [5, 5.41) is 0. The molecular weight excluding hydrogens is 258 g/mol. The van der Waals surface area contributed by atoms with Crippen molar-refractivity contribution in [1.29, 1.82) is 0 Å². The van der Waals surface area contributed by atoms with E-state index in [1.807, 2.05) is 0 Å². The van der Waals surface area contributed by atoms with Crippen LogP contribution in [0.2, 0.25) is 0 Å². The van der Waals surface area contributed by atoms with Crippen molar-refractivity contribution in [1.82, 2.24) is 4.90 Å². The molecule has 2 nitrogen and oxygen atoms in total. The van der Waals surface area contributed by atoms with Gasteiger partial charge < -0.3 is 4.74 Å². The van der Waals surface area contributed by atoms with Gasteiger partial charge in [0, 0.05) is 13.1 Å². The van der Waals surface area contributed by atoms with Gasteiger partial charge in [-0.05, 0) is 25.0 Å². The molecule has 2 heteroatoms. The molecule has 0 amide bonds. The Morgan fingerprint density at radius 1 is 0.762 bits per heavy atom. The average molecular weight is 281 g/mol. The van der Waals surface area contributed by atoms with E-state index in [-0.39, 0.29) is 0 Å². The van der Waals surface area contributed by atoms with Gasteiger partial charge in [-0.25, -0.2) is 0 Å². The van der Waals surface area contributed by atoms with Crippen molar-refractivity contribution < 1.29 is 4.74 Å². The van der Waals surface area contributed by atoms with E-state index in [1.165, 1.54) is 22.3 Å². The fraction of sp³-hybridized carbons (Fsp3) is 0.368. The van der Waals surface area contributed by atoms with Gasteiger partial charge in [0.15, 0.2) is 0 Å². The van der Waals surface area contributed by atoms with Crippen molar-refractivity contribution in [2.24, 2.45) is 0 Å². The molecule has 1 fully saturated rings. The van der Waals surface area contributed by atoms with Crippen molar-refractivity contribution in [3.05, 3.63) is 70.8 Å². The van der Waals surface area contributed by atoms with E-state index in [1.54, 1.807) is 0 Å². The highest BCUT2D eigenvalue weighted by Crippen LogP contribution is 2.29. The Bertz CT molecular complexity index is 522. The molecule has 21 heavy (non-hydrogen) atoms. The third-order valence-electron chi connectivity index (χ3n) is 4.20. The van der Waals surface area contributed by atoms with Gasteiger partial charge in [-0.1, -0.05) is 59.7 Å². The molecule has 0 bridgehead atoms. The van der Waals surface area contributed by atoms with Gasteiger partial charge in [0.25, 0.3) is 0 Å². The van der Waals surface area contributed by atoms with E-state index in [4.69, 9.17) is 4.74 Å². The monoisotopic (exact) mass is 281 g/mol. The predicted molar refractivity (Wildman–Crippen MR) is 86.6 cm³/mol. The van der Waals surface area contributed by atoms with Gasteiger partial charge in [-0.3, -0.25) is 4.90 Å². The minimum atomic E-state index is 0.329. The first-order valence-corrected chi connectivity index (χ1v) is 7.69. The predicted octanol–water partition coefficient (Wildman–Crippen LogP) is 3.73. The molecule has 1 aliphatic heterocycles. The molecule has 0 radical (unpaired) electrons. The number of rotatable bonds is 3. The van der Waals surface area contributed by atoms with Crippen LogP contribution in [0.15, 0.2) is 48.5 Å². The number of morpholine rings is 1. The zero-order chi connectivity index (χ0) is 14.7. The maximum absolute atomic E-state index is 5.52. The molecule has 2 aromatic rings. The summed E-state index contributed by atoms with van der Waals surface area (Å²) in [7, 11) is 0. The van der Waals surface area contributed by atoms with Crippen molar-refractivity contribution in [2.45, 2.75) is 19.9 Å². The summed E-state index contributed by atoms with van der Waals surface area (Å²) in [6, 6.07) is 18.2. The van der Waals surface area contributed by atoms with E-state index >= 15 is 0 Å². The molecule has 0 unspecified atom stereocenters. The average Bonchev–Trinajstić information content (AvgIpc) is 2.52. The quantitative estimate of drug-likeness (QED) is 0.850. The Kier molecular flexibility index (Phi) is 4.37. The van der Waals surface area contributed by atoms with Gasteiger partial charge in [0.1, 0.15) is 0 Å². The van der Waals surface area contributed by atoms with Gasteiger partial charge >= 0.3 is 0 Å². The maximum atomic E-state index is 5.52. The molecule has 0 atom stereocenters. The van der Waals surface area contributed by atoms with Gasteiger partial charge in [-0.15, -0.1) is 0 Å². The Hall–Kier alpha value is -1.64. The van der Waals surface area contributed by atoms with Crippen molar-refractivity contribution >= 4 is 0 Å². The first-order chi connectivity index (χ1) is 10.2. The molecule has 0 aromatic heterocycles. The number of ether oxygens (including phenoxy) is 1. The molecule has 0 aliphatic carbocycles. The first kappa shape index (κ1) is 14.3. The van der Waals surface area contributed by atoms with Crippen LogP contribution >= 0.6 is 0 Å². The van der Waals surface area contributed by atoms with E-state index in [0.717, 1.165) is 26.3 Å². The largest absolute Gasteiger partial charge is 0.379 e. The Balaban J connectivity index is 1.97. The molecule has 1 heterocycles. The SMILES string of the molecule is Cc1ccc(C(c2ccc(C)cc2)N2CCOCC2)cc1. The molecule has 1 saturated heterocycles. The van der Waals surface area contributed by atoms with Crippen LogP contribution in [-0.4, -0.2) is 31.2 Å². The van der Waals surface area contributed by atoms with Gasteiger partial charge in [0.2, 0.25) is 0 Å². The fourth-order valence-corrected chi connectivity index (χ4v) is 2.95. The van der Waals surface area contributed by atoms with E-state index < -0.39 is 0 Å². The highest BCUT2D eigenvalue weighted by Gasteiger charge is 2.24. The minimum Gasteiger partial charge on any atom is -0.379 e. The third kappa shape index (κ3) is 3.34. The summed E-state index contributed by atoms with van der Waals surface area (Å²) in [5.41, 5.74) is 5.35. The summed E-state index contributed by atoms with van der Waals surface area (Å²) in [6.07, 6.45) is 0. The molecular formula is C19H23NO. The second-order valence-electron chi connectivity index (χ2n) is 5.87. The van der Waals surface area contributed by atoms with Crippen molar-refractivity contribution in [2.75, 3.05) is 26.3 Å². The van der Waals surface area contributed by atoms with Crippen LogP contribution in [0, 0.1) is 13.8 Å². The number of hydrogen-bond acceptors (Lipinski definition) is 2. The lowest BCUT2D eigenvalue weighted by molar-refractivity contribution is 0.0239. The van der Waals surface area contributed by atoms with Crippen LogP contribution in [0.1, 0.15) is 28.3 Å². The maximum Gasteiger partial charge on any atom is 0.0603 e. The lowest BCUT2D eigenvalue weighted by Gasteiger charge is -2.35. The Labute approximate surface area is 127 Å². The summed E-state index contributed by atoms with van der Waals surface area (Å²) in [6.45, 7) is 7.92. The van der Waals surface area contributed by atoms with Crippen LogP contribution < -0.4 is 0 Å². The Morgan fingerprint density at radius 3 is 1.62 bits per heavy atom. The summed E-state index contributed by atoms with van der Waals surface area (Å²) < 4.78 is 5.52. The van der Waals surface area contributed by atoms with E-state index in [9.17, 15) is 0 Å². The van der Waals surface area contributed by atoms with E-state index in [2.05, 4.69) is 67.3 Å². The van der Waals surface area contributed by atoms with Crippen LogP contribution in [0.3, 0.4) is 0 Å². The normalized spacial score (nSPS) is 16.3. The molecule has 0 saturated carbocycles. The molecule has 0 spiro atoms. The fourth-order valence-electron chi connectivity index (χ4n) is 2.95. The molecule has 110 valence electrons. The number of aryl methyl sites for hydroxylation is 2. The molecule has 2 aromatic carbocycles. The third-order valence-corrected chi connectivity index (χ3v) is 4.20. The van der Waals surface area contributed by atoms with E-state index in [0.29, 0.717) is 6.04 Å². The van der Waals surface area contributed by atoms with Gasteiger partial charge in [-0.2, -0.15) is 0 Å². The van der Waals surface area contributed by atoms with Gasteiger partial charge in [0.05, 0.1) is 19.3 Å². The summed E-state index contributed by atoms with van der Waals surface area (Å²) in [4.78, 5) is 2.53. The topological polar surface area (TPSA) is 12.5 Å². The smallest absolute Gasteiger partial charge is 0.0603 e. The number of hydrogen-bond donors (Lipinski definition) is 0. The van der Waals surface area contributed by atoms with Crippen molar-refractivity contribution in [3.8, 4) is 0 Å². The number of nitrogens with zero attached hydrogens (tertiary/aromatic N) is 1. The highest BCUT2D eigenvalue weighted by atomic mass is 16.5. The second kappa shape index (κ2) is 6.42. The lowest BCUT2D eigenvalue weighted by atomic mass is 9.95. The van der Waals surface area contributed by atoms with Crippen LogP contribution in [0.4, 0.5) is 0 Å². The molecule has 1 aliphatic rings.